The molecule has 1 N–H and O–H groups in total. The molecule has 1 atom stereocenters. The largest absolute Gasteiger partial charge is 0.486 e. The summed E-state index contributed by atoms with van der Waals surface area (Å²) in [5.74, 6) is 1.01. The van der Waals surface area contributed by atoms with Crippen LogP contribution in [0.2, 0.25) is 0 Å². The van der Waals surface area contributed by atoms with Crippen molar-refractivity contribution in [3.8, 4) is 5.75 Å². The predicted molar refractivity (Wildman–Crippen MR) is 79.0 cm³/mol. The minimum atomic E-state index is -0.0457. The summed E-state index contributed by atoms with van der Waals surface area (Å²) in [7, 11) is 2.18. The molecule has 1 fully saturated rings. The Morgan fingerprint density at radius 3 is 3.05 bits per heavy atom. The number of benzene rings is 1. The monoisotopic (exact) mass is 260 g/mol. The summed E-state index contributed by atoms with van der Waals surface area (Å²) in [4.78, 5) is 2.36. The average Bonchev–Trinajstić information content (AvgIpc) is 2.38. The summed E-state index contributed by atoms with van der Waals surface area (Å²) in [6.07, 6.45) is 4.77. The Morgan fingerprint density at radius 2 is 2.21 bits per heavy atom. The van der Waals surface area contributed by atoms with Crippen LogP contribution in [0.25, 0.3) is 0 Å². The molecule has 2 heterocycles. The van der Waals surface area contributed by atoms with E-state index in [4.69, 9.17) is 4.74 Å². The van der Waals surface area contributed by atoms with Gasteiger partial charge in [0.25, 0.3) is 0 Å². The fraction of sp³-hybridized carbons (Fsp3) is 0.625. The second-order valence-electron chi connectivity index (χ2n) is 6.24. The Balaban J connectivity index is 1.75. The molecular weight excluding hydrogens is 236 g/mol. The summed E-state index contributed by atoms with van der Waals surface area (Å²) in [5.41, 5.74) is 2.64. The number of rotatable bonds is 2. The third-order valence-electron chi connectivity index (χ3n) is 4.23. The second-order valence-corrected chi connectivity index (χ2v) is 6.24. The molecule has 3 nitrogen and oxygen atoms in total. The van der Waals surface area contributed by atoms with Crippen molar-refractivity contribution in [3.63, 3.8) is 0 Å². The standard InChI is InChI=1S/C16H24N2O/c1-16(8-4-10-18(2)12-16)19-14-7-6-13-5-3-9-17-15(13)11-14/h6-7,11,17H,3-5,8-10,12H2,1-2H3. The summed E-state index contributed by atoms with van der Waals surface area (Å²) >= 11 is 0. The lowest BCUT2D eigenvalue weighted by atomic mass is 9.95. The maximum Gasteiger partial charge on any atom is 0.122 e. The Kier molecular flexibility index (Phi) is 3.40. The van der Waals surface area contributed by atoms with Crippen molar-refractivity contribution in [2.24, 2.45) is 0 Å². The van der Waals surface area contributed by atoms with Crippen LogP contribution in [0.1, 0.15) is 31.7 Å². The molecule has 19 heavy (non-hydrogen) atoms. The number of anilines is 1. The fourth-order valence-electron chi connectivity index (χ4n) is 3.32. The molecule has 2 aliphatic rings. The van der Waals surface area contributed by atoms with E-state index in [0.29, 0.717) is 0 Å². The van der Waals surface area contributed by atoms with Gasteiger partial charge in [0.05, 0.1) is 0 Å². The molecule has 3 heteroatoms. The van der Waals surface area contributed by atoms with Gasteiger partial charge in [0.2, 0.25) is 0 Å². The van der Waals surface area contributed by atoms with Crippen LogP contribution < -0.4 is 10.1 Å². The van der Waals surface area contributed by atoms with E-state index < -0.39 is 0 Å². The molecule has 3 rings (SSSR count). The van der Waals surface area contributed by atoms with E-state index in [9.17, 15) is 0 Å². The van der Waals surface area contributed by atoms with Gasteiger partial charge in [-0.25, -0.2) is 0 Å². The van der Waals surface area contributed by atoms with E-state index in [1.165, 1.54) is 37.1 Å². The Bertz CT molecular complexity index is 460. The first-order valence-electron chi connectivity index (χ1n) is 7.39. The highest BCUT2D eigenvalue weighted by atomic mass is 16.5. The van der Waals surface area contributed by atoms with Gasteiger partial charge in [-0.05, 0) is 57.8 Å². The number of aryl methyl sites for hydroxylation is 1. The first kappa shape index (κ1) is 12.8. The van der Waals surface area contributed by atoms with Crippen molar-refractivity contribution < 1.29 is 4.74 Å². The van der Waals surface area contributed by atoms with Crippen molar-refractivity contribution in [2.45, 2.75) is 38.2 Å². The number of nitrogens with zero attached hydrogens (tertiary/aromatic N) is 1. The zero-order chi connectivity index (χ0) is 13.3. The predicted octanol–water partition coefficient (Wildman–Crippen LogP) is 2.91. The zero-order valence-electron chi connectivity index (χ0n) is 12.0. The molecule has 0 radical (unpaired) electrons. The minimum Gasteiger partial charge on any atom is -0.486 e. The van der Waals surface area contributed by atoms with Crippen LogP contribution in [0.4, 0.5) is 5.69 Å². The van der Waals surface area contributed by atoms with E-state index in [1.54, 1.807) is 0 Å². The van der Waals surface area contributed by atoms with Crippen molar-refractivity contribution in [1.82, 2.24) is 4.90 Å². The quantitative estimate of drug-likeness (QED) is 0.885. The molecule has 1 aromatic carbocycles. The number of likely N-dealkylation sites (tertiary alicyclic amines) is 1. The summed E-state index contributed by atoms with van der Waals surface area (Å²) in [6.45, 7) is 5.51. The van der Waals surface area contributed by atoms with Crippen LogP contribution in [0.5, 0.6) is 5.75 Å². The molecule has 1 unspecified atom stereocenters. The van der Waals surface area contributed by atoms with Crippen LogP contribution >= 0.6 is 0 Å². The van der Waals surface area contributed by atoms with Crippen molar-refractivity contribution in [2.75, 3.05) is 32.0 Å². The number of hydrogen-bond acceptors (Lipinski definition) is 3. The van der Waals surface area contributed by atoms with Gasteiger partial charge in [0.1, 0.15) is 11.4 Å². The molecule has 0 bridgehead atoms. The van der Waals surface area contributed by atoms with Crippen LogP contribution in [-0.2, 0) is 6.42 Å². The van der Waals surface area contributed by atoms with E-state index in [2.05, 4.69) is 42.4 Å². The van der Waals surface area contributed by atoms with Crippen LogP contribution in [0.15, 0.2) is 18.2 Å². The van der Waals surface area contributed by atoms with Crippen molar-refractivity contribution in [3.05, 3.63) is 23.8 Å². The Morgan fingerprint density at radius 1 is 1.32 bits per heavy atom. The van der Waals surface area contributed by atoms with E-state index in [1.807, 2.05) is 0 Å². The second kappa shape index (κ2) is 5.04. The van der Waals surface area contributed by atoms with Crippen molar-refractivity contribution in [1.29, 1.82) is 0 Å². The van der Waals surface area contributed by atoms with Gasteiger partial charge in [-0.15, -0.1) is 0 Å². The van der Waals surface area contributed by atoms with E-state index in [0.717, 1.165) is 25.3 Å². The molecule has 1 aromatic rings. The van der Waals surface area contributed by atoms with Gasteiger partial charge in [0.15, 0.2) is 0 Å². The maximum absolute atomic E-state index is 6.30. The minimum absolute atomic E-state index is 0.0457. The van der Waals surface area contributed by atoms with Gasteiger partial charge < -0.3 is 15.0 Å². The third-order valence-corrected chi connectivity index (χ3v) is 4.23. The summed E-state index contributed by atoms with van der Waals surface area (Å²) in [5, 5.41) is 3.47. The lowest BCUT2D eigenvalue weighted by molar-refractivity contribution is 0.0156. The van der Waals surface area contributed by atoms with E-state index >= 15 is 0 Å². The molecule has 0 spiro atoms. The highest BCUT2D eigenvalue weighted by molar-refractivity contribution is 5.56. The van der Waals surface area contributed by atoms with Gasteiger partial charge >= 0.3 is 0 Å². The average molecular weight is 260 g/mol. The Hall–Kier alpha value is -1.22. The number of hydrogen-bond donors (Lipinski definition) is 1. The lowest BCUT2D eigenvalue weighted by Crippen LogP contribution is -2.48. The number of likely N-dealkylation sites (N-methyl/N-ethyl adjacent to an activating group) is 1. The van der Waals surface area contributed by atoms with Crippen LogP contribution in [0.3, 0.4) is 0 Å². The first-order valence-corrected chi connectivity index (χ1v) is 7.39. The molecule has 2 aliphatic heterocycles. The third kappa shape index (κ3) is 2.86. The Labute approximate surface area is 115 Å². The lowest BCUT2D eigenvalue weighted by Gasteiger charge is -2.39. The fourth-order valence-corrected chi connectivity index (χ4v) is 3.32. The molecule has 0 saturated carbocycles. The van der Waals surface area contributed by atoms with Gasteiger partial charge in [-0.3, -0.25) is 0 Å². The molecule has 0 aliphatic carbocycles. The molecule has 0 amide bonds. The van der Waals surface area contributed by atoms with Gasteiger partial charge in [-0.2, -0.15) is 0 Å². The SMILES string of the molecule is CN1CCCC(C)(Oc2ccc3c(c2)NCCC3)C1. The molecular formula is C16H24N2O. The summed E-state index contributed by atoms with van der Waals surface area (Å²) in [6, 6.07) is 6.52. The van der Waals surface area contributed by atoms with Crippen molar-refractivity contribution >= 4 is 5.69 Å². The molecule has 1 saturated heterocycles. The number of fused-ring (bicyclic) bond motifs is 1. The van der Waals surface area contributed by atoms with Gasteiger partial charge in [-0.1, -0.05) is 6.07 Å². The molecule has 104 valence electrons. The van der Waals surface area contributed by atoms with Gasteiger partial charge in [0, 0.05) is 24.8 Å². The summed E-state index contributed by atoms with van der Waals surface area (Å²) < 4.78 is 6.30. The van der Waals surface area contributed by atoms with Crippen LogP contribution in [-0.4, -0.2) is 37.2 Å². The smallest absolute Gasteiger partial charge is 0.122 e. The highest BCUT2D eigenvalue weighted by Gasteiger charge is 2.31. The molecule has 0 aromatic heterocycles. The van der Waals surface area contributed by atoms with Crippen LogP contribution in [0, 0.1) is 0 Å². The maximum atomic E-state index is 6.30. The number of nitrogens with one attached hydrogen (secondary N) is 1. The number of ether oxygens (including phenoxy) is 1. The van der Waals surface area contributed by atoms with E-state index in [-0.39, 0.29) is 5.60 Å². The zero-order valence-corrected chi connectivity index (χ0v) is 12.0. The topological polar surface area (TPSA) is 24.5 Å². The first-order chi connectivity index (χ1) is 9.15. The highest BCUT2D eigenvalue weighted by Crippen LogP contribution is 2.31. The normalized spacial score (nSPS) is 27.5. The number of piperidine rings is 1.